The fourth-order valence-electron chi connectivity index (χ4n) is 4.37. The maximum Gasteiger partial charge on any atom is 0.287 e. The normalized spacial score (nSPS) is 14.6. The van der Waals surface area contributed by atoms with Gasteiger partial charge in [0.2, 0.25) is 0 Å². The highest BCUT2D eigenvalue weighted by Gasteiger charge is 2.21. The average molecular weight is 421 g/mol. The minimum Gasteiger partial charge on any atom is -0.493 e. The van der Waals surface area contributed by atoms with Crippen molar-refractivity contribution in [2.75, 3.05) is 13.7 Å². The Labute approximate surface area is 184 Å². The van der Waals surface area contributed by atoms with Crippen molar-refractivity contribution in [3.05, 3.63) is 65.4 Å². The van der Waals surface area contributed by atoms with Crippen LogP contribution in [0.25, 0.3) is 11.0 Å². The number of ether oxygens (including phenoxy) is 1. The van der Waals surface area contributed by atoms with Gasteiger partial charge in [0.25, 0.3) is 5.91 Å². The quantitative estimate of drug-likeness (QED) is 0.466. The zero-order valence-electron chi connectivity index (χ0n) is 18.3. The first-order valence-electron chi connectivity index (χ1n) is 11.4. The third kappa shape index (κ3) is 5.47. The Balaban J connectivity index is 1.40. The Hall–Kier alpha value is -2.79. The number of carbonyl (C=O) groups is 1. The van der Waals surface area contributed by atoms with E-state index in [-0.39, 0.29) is 11.9 Å². The number of methoxy groups -OCH3 is 1. The summed E-state index contributed by atoms with van der Waals surface area (Å²) in [7, 11) is 1.63. The summed E-state index contributed by atoms with van der Waals surface area (Å²) in [4.78, 5) is 12.8. The molecule has 2 N–H and O–H groups in total. The van der Waals surface area contributed by atoms with Crippen LogP contribution in [0.1, 0.15) is 60.2 Å². The van der Waals surface area contributed by atoms with E-state index in [4.69, 9.17) is 9.15 Å². The van der Waals surface area contributed by atoms with Crippen molar-refractivity contribution in [3.63, 3.8) is 0 Å². The molecular formula is C26H32N2O3. The van der Waals surface area contributed by atoms with Gasteiger partial charge in [0.1, 0.15) is 0 Å². The van der Waals surface area contributed by atoms with Crippen molar-refractivity contribution >= 4 is 16.9 Å². The van der Waals surface area contributed by atoms with Crippen LogP contribution >= 0.6 is 0 Å². The van der Waals surface area contributed by atoms with Gasteiger partial charge in [0.15, 0.2) is 17.1 Å². The first-order chi connectivity index (χ1) is 15.2. The number of benzene rings is 2. The molecule has 1 saturated carbocycles. The Bertz CT molecular complexity index is 991. The molecule has 0 unspecified atom stereocenters. The number of rotatable bonds is 9. The molecule has 164 valence electrons. The molecule has 1 fully saturated rings. The largest absolute Gasteiger partial charge is 0.493 e. The van der Waals surface area contributed by atoms with Crippen LogP contribution in [-0.4, -0.2) is 25.6 Å². The van der Waals surface area contributed by atoms with Crippen molar-refractivity contribution < 1.29 is 13.9 Å². The van der Waals surface area contributed by atoms with Crippen LogP contribution in [-0.2, 0) is 13.0 Å². The van der Waals surface area contributed by atoms with E-state index < -0.39 is 0 Å². The third-order valence-electron chi connectivity index (χ3n) is 6.10. The highest BCUT2D eigenvalue weighted by molar-refractivity contribution is 5.98. The molecule has 1 aromatic heterocycles. The predicted molar refractivity (Wildman–Crippen MR) is 124 cm³/mol. The Kier molecular flexibility index (Phi) is 7.26. The lowest BCUT2D eigenvalue weighted by molar-refractivity contribution is 0.0901. The van der Waals surface area contributed by atoms with Gasteiger partial charge >= 0.3 is 0 Å². The molecule has 0 aliphatic heterocycles. The van der Waals surface area contributed by atoms with Crippen molar-refractivity contribution in [1.82, 2.24) is 10.6 Å². The number of hydrogen-bond donors (Lipinski definition) is 2. The molecule has 4 rings (SSSR count). The summed E-state index contributed by atoms with van der Waals surface area (Å²) < 4.78 is 11.4. The van der Waals surface area contributed by atoms with Gasteiger partial charge in [-0.2, -0.15) is 0 Å². The maximum atomic E-state index is 12.8. The molecule has 1 heterocycles. The van der Waals surface area contributed by atoms with E-state index in [2.05, 4.69) is 34.9 Å². The van der Waals surface area contributed by atoms with Crippen LogP contribution in [0.2, 0.25) is 0 Å². The van der Waals surface area contributed by atoms with Crippen LogP contribution in [0, 0.1) is 0 Å². The fourth-order valence-corrected chi connectivity index (χ4v) is 4.37. The zero-order valence-corrected chi connectivity index (χ0v) is 18.3. The third-order valence-corrected chi connectivity index (χ3v) is 6.10. The van der Waals surface area contributed by atoms with Gasteiger partial charge in [-0.15, -0.1) is 0 Å². The monoisotopic (exact) mass is 420 g/mol. The Morgan fingerprint density at radius 3 is 2.68 bits per heavy atom. The van der Waals surface area contributed by atoms with Gasteiger partial charge in [0.05, 0.1) is 7.11 Å². The SMILES string of the molecule is COc1ccc(CNCCCc2ccccc2)c2cc(C(=O)NC3CCCCC3)oc12. The van der Waals surface area contributed by atoms with Crippen LogP contribution in [0.4, 0.5) is 0 Å². The number of hydrogen-bond acceptors (Lipinski definition) is 4. The molecule has 0 bridgehead atoms. The topological polar surface area (TPSA) is 63.5 Å². The van der Waals surface area contributed by atoms with E-state index in [1.54, 1.807) is 7.11 Å². The summed E-state index contributed by atoms with van der Waals surface area (Å²) in [6.07, 6.45) is 7.85. The molecule has 2 aromatic carbocycles. The Morgan fingerprint density at radius 2 is 1.90 bits per heavy atom. The lowest BCUT2D eigenvalue weighted by Gasteiger charge is -2.22. The second-order valence-corrected chi connectivity index (χ2v) is 8.35. The van der Waals surface area contributed by atoms with Gasteiger partial charge < -0.3 is 19.8 Å². The van der Waals surface area contributed by atoms with Crippen molar-refractivity contribution in [2.45, 2.75) is 57.5 Å². The number of fused-ring (bicyclic) bond motifs is 1. The number of amides is 1. The van der Waals surface area contributed by atoms with E-state index in [1.165, 1.54) is 24.8 Å². The van der Waals surface area contributed by atoms with Crippen molar-refractivity contribution in [1.29, 1.82) is 0 Å². The molecule has 0 atom stereocenters. The highest BCUT2D eigenvalue weighted by atomic mass is 16.5. The number of aryl methyl sites for hydroxylation is 1. The minimum atomic E-state index is -0.132. The van der Waals surface area contributed by atoms with Gasteiger partial charge in [-0.3, -0.25) is 4.79 Å². The van der Waals surface area contributed by atoms with E-state index in [9.17, 15) is 4.79 Å². The summed E-state index contributed by atoms with van der Waals surface area (Å²) in [5, 5.41) is 7.60. The van der Waals surface area contributed by atoms with Crippen molar-refractivity contribution in [3.8, 4) is 5.75 Å². The maximum absolute atomic E-state index is 12.8. The zero-order chi connectivity index (χ0) is 21.5. The first-order valence-corrected chi connectivity index (χ1v) is 11.4. The molecule has 0 spiro atoms. The number of carbonyl (C=O) groups excluding carboxylic acids is 1. The molecule has 0 radical (unpaired) electrons. The summed E-state index contributed by atoms with van der Waals surface area (Å²) in [6.45, 7) is 1.65. The van der Waals surface area contributed by atoms with Crippen molar-refractivity contribution in [2.24, 2.45) is 0 Å². The molecular weight excluding hydrogens is 388 g/mol. The summed E-state index contributed by atoms with van der Waals surface area (Å²) in [5.41, 5.74) is 3.11. The molecule has 1 amide bonds. The van der Waals surface area contributed by atoms with Gasteiger partial charge in [-0.05, 0) is 55.5 Å². The summed E-state index contributed by atoms with van der Waals surface area (Å²) in [6, 6.07) is 16.6. The van der Waals surface area contributed by atoms with E-state index in [1.807, 2.05) is 24.3 Å². The number of furan rings is 1. The molecule has 1 aliphatic rings. The van der Waals surface area contributed by atoms with E-state index in [0.29, 0.717) is 17.1 Å². The lowest BCUT2D eigenvalue weighted by atomic mass is 9.95. The van der Waals surface area contributed by atoms with E-state index >= 15 is 0 Å². The van der Waals surface area contributed by atoms with E-state index in [0.717, 1.165) is 49.7 Å². The molecule has 31 heavy (non-hydrogen) atoms. The molecule has 1 aliphatic carbocycles. The standard InChI is InChI=1S/C26H32N2O3/c1-30-23-15-14-20(18-27-16-8-11-19-9-4-2-5-10-19)22-17-24(31-25(22)23)26(29)28-21-12-6-3-7-13-21/h2,4-5,9-10,14-15,17,21,27H,3,6-8,11-13,16,18H2,1H3,(H,28,29). The van der Waals surface area contributed by atoms with Crippen LogP contribution in [0.5, 0.6) is 5.75 Å². The fraction of sp³-hybridized carbons (Fsp3) is 0.423. The van der Waals surface area contributed by atoms with Gasteiger partial charge in [-0.1, -0.05) is 55.7 Å². The lowest BCUT2D eigenvalue weighted by Crippen LogP contribution is -2.35. The predicted octanol–water partition coefficient (Wildman–Crippen LogP) is 5.23. The Morgan fingerprint density at radius 1 is 1.10 bits per heavy atom. The highest BCUT2D eigenvalue weighted by Crippen LogP contribution is 2.32. The molecule has 5 nitrogen and oxygen atoms in total. The summed E-state index contributed by atoms with van der Waals surface area (Å²) >= 11 is 0. The number of nitrogens with one attached hydrogen (secondary N) is 2. The first kappa shape index (κ1) is 21.4. The molecule has 5 heteroatoms. The smallest absolute Gasteiger partial charge is 0.287 e. The van der Waals surface area contributed by atoms with Crippen LogP contribution in [0.3, 0.4) is 0 Å². The second-order valence-electron chi connectivity index (χ2n) is 8.35. The van der Waals surface area contributed by atoms with Gasteiger partial charge in [0, 0.05) is 18.0 Å². The second kappa shape index (κ2) is 10.5. The van der Waals surface area contributed by atoms with Gasteiger partial charge in [-0.25, -0.2) is 0 Å². The molecule has 0 saturated heterocycles. The summed E-state index contributed by atoms with van der Waals surface area (Å²) in [5.74, 6) is 0.877. The average Bonchev–Trinajstić information content (AvgIpc) is 3.26. The minimum absolute atomic E-state index is 0.132. The van der Waals surface area contributed by atoms with Crippen LogP contribution in [0.15, 0.2) is 52.9 Å². The van der Waals surface area contributed by atoms with Crippen LogP contribution < -0.4 is 15.4 Å². The molecule has 3 aromatic rings.